The van der Waals surface area contributed by atoms with E-state index in [1.54, 1.807) is 9.80 Å². The van der Waals surface area contributed by atoms with Gasteiger partial charge in [-0.15, -0.1) is 0 Å². The number of likely N-dealkylation sites (tertiary alicyclic amines) is 1. The lowest BCUT2D eigenvalue weighted by molar-refractivity contribution is -0.133. The Morgan fingerprint density at radius 2 is 1.82 bits per heavy atom. The summed E-state index contributed by atoms with van der Waals surface area (Å²) in [7, 11) is 3.96. The monoisotopic (exact) mass is 388 g/mol. The Labute approximate surface area is 165 Å². The van der Waals surface area contributed by atoms with E-state index in [9.17, 15) is 9.59 Å². The van der Waals surface area contributed by atoms with Crippen LogP contribution in [0.3, 0.4) is 0 Å². The van der Waals surface area contributed by atoms with E-state index in [-0.39, 0.29) is 24.5 Å². The first kappa shape index (κ1) is 18.9. The number of urea groups is 1. The topological polar surface area (TPSA) is 65.6 Å². The lowest BCUT2D eigenvalue weighted by Crippen LogP contribution is -2.48. The van der Waals surface area contributed by atoms with Gasteiger partial charge >= 0.3 is 6.03 Å². The number of carbonyl (C=O) groups excluding carboxylic acids is 2. The number of benzene rings is 1. The number of anilines is 1. The fourth-order valence-corrected chi connectivity index (χ4v) is 4.03. The molecule has 28 heavy (non-hydrogen) atoms. The lowest BCUT2D eigenvalue weighted by atomic mass is 10.0. The average Bonchev–Trinajstić information content (AvgIpc) is 3.08. The molecule has 2 fully saturated rings. The molecule has 3 amide bonds. The van der Waals surface area contributed by atoms with Crippen LogP contribution in [0.2, 0.25) is 0 Å². The third-order valence-corrected chi connectivity index (χ3v) is 5.89. The highest BCUT2D eigenvalue weighted by atomic mass is 16.6. The predicted molar refractivity (Wildman–Crippen MR) is 105 cm³/mol. The summed E-state index contributed by atoms with van der Waals surface area (Å²) in [6.45, 7) is 4.28. The SMILES string of the molecule is CN1CCC(N(C)C(=O)CN2CCN(c3ccc4c(c3)OCCO4)C2=O)CC1. The Hall–Kier alpha value is -2.48. The largest absolute Gasteiger partial charge is 0.486 e. The van der Waals surface area contributed by atoms with Crippen molar-refractivity contribution in [3.8, 4) is 11.5 Å². The van der Waals surface area contributed by atoms with Crippen LogP contribution in [0.25, 0.3) is 0 Å². The fraction of sp³-hybridized carbons (Fsp3) is 0.600. The van der Waals surface area contributed by atoms with E-state index in [1.807, 2.05) is 30.1 Å². The highest BCUT2D eigenvalue weighted by Crippen LogP contribution is 2.35. The van der Waals surface area contributed by atoms with Gasteiger partial charge in [0.2, 0.25) is 5.91 Å². The zero-order chi connectivity index (χ0) is 19.7. The molecule has 152 valence electrons. The quantitative estimate of drug-likeness (QED) is 0.777. The van der Waals surface area contributed by atoms with Crippen molar-refractivity contribution in [3.05, 3.63) is 18.2 Å². The minimum atomic E-state index is -0.137. The Morgan fingerprint density at radius 1 is 1.11 bits per heavy atom. The number of likely N-dealkylation sites (N-methyl/N-ethyl adjacent to an activating group) is 1. The summed E-state index contributed by atoms with van der Waals surface area (Å²) in [5.41, 5.74) is 0.771. The highest BCUT2D eigenvalue weighted by molar-refractivity contribution is 5.96. The molecule has 0 bridgehead atoms. The number of carbonyl (C=O) groups is 2. The van der Waals surface area contributed by atoms with E-state index < -0.39 is 0 Å². The molecule has 3 aliphatic heterocycles. The third-order valence-electron chi connectivity index (χ3n) is 5.89. The van der Waals surface area contributed by atoms with Crippen molar-refractivity contribution in [2.24, 2.45) is 0 Å². The van der Waals surface area contributed by atoms with Gasteiger partial charge < -0.3 is 24.2 Å². The first-order valence-electron chi connectivity index (χ1n) is 9.93. The summed E-state index contributed by atoms with van der Waals surface area (Å²) in [6, 6.07) is 5.65. The number of hydrogen-bond acceptors (Lipinski definition) is 5. The van der Waals surface area contributed by atoms with Gasteiger partial charge in [-0.3, -0.25) is 9.69 Å². The third kappa shape index (κ3) is 3.73. The van der Waals surface area contributed by atoms with E-state index in [0.29, 0.717) is 37.8 Å². The molecule has 0 aromatic heterocycles. The Balaban J connectivity index is 1.37. The van der Waals surface area contributed by atoms with Crippen LogP contribution < -0.4 is 14.4 Å². The van der Waals surface area contributed by atoms with Crippen molar-refractivity contribution in [2.45, 2.75) is 18.9 Å². The number of nitrogens with zero attached hydrogens (tertiary/aromatic N) is 4. The molecule has 3 heterocycles. The number of amides is 3. The standard InChI is InChI=1S/C20H28N4O4/c1-21-7-5-15(6-8-21)22(2)19(25)14-23-9-10-24(20(23)26)16-3-4-17-18(13-16)28-12-11-27-17/h3-4,13,15H,5-12,14H2,1-2H3. The van der Waals surface area contributed by atoms with Gasteiger partial charge in [0.15, 0.2) is 11.5 Å². The van der Waals surface area contributed by atoms with Gasteiger partial charge in [0, 0.05) is 37.9 Å². The molecule has 1 aromatic carbocycles. The molecule has 8 heteroatoms. The van der Waals surface area contributed by atoms with E-state index in [0.717, 1.165) is 31.6 Å². The van der Waals surface area contributed by atoms with E-state index >= 15 is 0 Å². The maximum atomic E-state index is 12.9. The summed E-state index contributed by atoms with van der Waals surface area (Å²) in [5.74, 6) is 1.37. The second-order valence-corrected chi connectivity index (χ2v) is 7.72. The summed E-state index contributed by atoms with van der Waals surface area (Å²) < 4.78 is 11.2. The minimum Gasteiger partial charge on any atom is -0.486 e. The zero-order valence-electron chi connectivity index (χ0n) is 16.6. The van der Waals surface area contributed by atoms with Gasteiger partial charge in [0.1, 0.15) is 19.8 Å². The van der Waals surface area contributed by atoms with E-state index in [2.05, 4.69) is 11.9 Å². The molecular weight excluding hydrogens is 360 g/mol. The summed E-state index contributed by atoms with van der Waals surface area (Å²) in [6.07, 6.45) is 1.96. The van der Waals surface area contributed by atoms with E-state index in [4.69, 9.17) is 9.47 Å². The normalized spacial score (nSPS) is 20.6. The molecule has 0 aliphatic carbocycles. The van der Waals surface area contributed by atoms with Crippen molar-refractivity contribution in [1.82, 2.24) is 14.7 Å². The van der Waals surface area contributed by atoms with Crippen molar-refractivity contribution < 1.29 is 19.1 Å². The van der Waals surface area contributed by atoms with Gasteiger partial charge in [-0.1, -0.05) is 0 Å². The van der Waals surface area contributed by atoms with Crippen molar-refractivity contribution >= 4 is 17.6 Å². The Kier molecular flexibility index (Phi) is 5.30. The van der Waals surface area contributed by atoms with Crippen molar-refractivity contribution in [1.29, 1.82) is 0 Å². The molecule has 0 spiro atoms. The molecule has 1 aromatic rings. The second kappa shape index (κ2) is 7.87. The van der Waals surface area contributed by atoms with E-state index in [1.165, 1.54) is 0 Å². The van der Waals surface area contributed by atoms with Crippen LogP contribution in [0.4, 0.5) is 10.5 Å². The summed E-state index contributed by atoms with van der Waals surface area (Å²) in [4.78, 5) is 33.0. The summed E-state index contributed by atoms with van der Waals surface area (Å²) >= 11 is 0. The molecular formula is C20H28N4O4. The number of hydrogen-bond donors (Lipinski definition) is 0. The number of ether oxygens (including phenoxy) is 2. The molecule has 0 N–H and O–H groups in total. The van der Waals surface area contributed by atoms with Gasteiger partial charge in [-0.2, -0.15) is 0 Å². The van der Waals surface area contributed by atoms with Gasteiger partial charge in [-0.05, 0) is 45.1 Å². The predicted octanol–water partition coefficient (Wildman–Crippen LogP) is 1.25. The molecule has 0 atom stereocenters. The number of fused-ring (bicyclic) bond motifs is 1. The fourth-order valence-electron chi connectivity index (χ4n) is 4.03. The molecule has 4 rings (SSSR count). The smallest absolute Gasteiger partial charge is 0.325 e. The maximum absolute atomic E-state index is 12.9. The van der Waals surface area contributed by atoms with Crippen LogP contribution in [0.15, 0.2) is 18.2 Å². The van der Waals surface area contributed by atoms with Crippen molar-refractivity contribution in [2.75, 3.05) is 64.9 Å². The molecule has 8 nitrogen and oxygen atoms in total. The van der Waals surface area contributed by atoms with Gasteiger partial charge in [-0.25, -0.2) is 4.79 Å². The molecule has 0 unspecified atom stereocenters. The Morgan fingerprint density at radius 3 is 2.57 bits per heavy atom. The van der Waals surface area contributed by atoms with Crippen LogP contribution in [0.1, 0.15) is 12.8 Å². The van der Waals surface area contributed by atoms with Crippen LogP contribution in [0.5, 0.6) is 11.5 Å². The number of piperidine rings is 1. The van der Waals surface area contributed by atoms with Crippen LogP contribution >= 0.6 is 0 Å². The van der Waals surface area contributed by atoms with Gasteiger partial charge in [0.05, 0.1) is 0 Å². The highest BCUT2D eigenvalue weighted by Gasteiger charge is 2.33. The van der Waals surface area contributed by atoms with Crippen LogP contribution in [-0.4, -0.2) is 92.7 Å². The average molecular weight is 388 g/mol. The van der Waals surface area contributed by atoms with Crippen molar-refractivity contribution in [3.63, 3.8) is 0 Å². The molecule has 0 saturated carbocycles. The zero-order valence-corrected chi connectivity index (χ0v) is 16.6. The van der Waals surface area contributed by atoms with Gasteiger partial charge in [0.25, 0.3) is 0 Å². The molecule has 0 radical (unpaired) electrons. The number of rotatable bonds is 4. The van der Waals surface area contributed by atoms with Crippen LogP contribution in [0, 0.1) is 0 Å². The lowest BCUT2D eigenvalue weighted by Gasteiger charge is -2.35. The van der Waals surface area contributed by atoms with Crippen LogP contribution in [-0.2, 0) is 4.79 Å². The first-order chi connectivity index (χ1) is 13.5. The Bertz CT molecular complexity index is 748. The maximum Gasteiger partial charge on any atom is 0.325 e. The second-order valence-electron chi connectivity index (χ2n) is 7.72. The minimum absolute atomic E-state index is 0.00641. The summed E-state index contributed by atoms with van der Waals surface area (Å²) in [5, 5.41) is 0. The molecule has 3 aliphatic rings. The first-order valence-corrected chi connectivity index (χ1v) is 9.93. The molecule has 2 saturated heterocycles.